The monoisotopic (exact) mass is 245 g/mol. The van der Waals surface area contributed by atoms with Gasteiger partial charge in [0.05, 0.1) is 5.69 Å². The van der Waals surface area contributed by atoms with Crippen molar-refractivity contribution in [2.24, 2.45) is 5.92 Å². The quantitative estimate of drug-likeness (QED) is 0.816. The fourth-order valence-electron chi connectivity index (χ4n) is 2.61. The van der Waals surface area contributed by atoms with Crippen LogP contribution >= 0.6 is 0 Å². The smallest absolute Gasteiger partial charge is 0.258 e. The summed E-state index contributed by atoms with van der Waals surface area (Å²) in [6, 6.07) is 0. The number of fused-ring (bicyclic) bond motifs is 1. The van der Waals surface area contributed by atoms with Gasteiger partial charge in [0.15, 0.2) is 0 Å². The maximum absolute atomic E-state index is 6.04. The first-order chi connectivity index (χ1) is 8.72. The number of hydrogen-bond donors (Lipinski definition) is 0. The minimum Gasteiger partial charge on any atom is -0.472 e. The molecular weight excluding hydrogens is 226 g/mol. The number of aromatic nitrogens is 3. The predicted octanol–water partition coefficient (Wildman–Crippen LogP) is 3.00. The van der Waals surface area contributed by atoms with Crippen molar-refractivity contribution in [1.82, 2.24) is 14.4 Å². The van der Waals surface area contributed by atoms with E-state index in [9.17, 15) is 0 Å². The minimum atomic E-state index is 0.303. The third-order valence-electron chi connectivity index (χ3n) is 3.70. The third-order valence-corrected chi connectivity index (χ3v) is 3.70. The van der Waals surface area contributed by atoms with E-state index in [1.165, 1.54) is 12.8 Å². The number of aryl methyl sites for hydroxylation is 1. The molecular formula is C14H19N3O. The van der Waals surface area contributed by atoms with Gasteiger partial charge in [0.2, 0.25) is 5.65 Å². The normalized spacial score (nSPS) is 24.3. The average molecular weight is 245 g/mol. The van der Waals surface area contributed by atoms with Gasteiger partial charge in [-0.3, -0.25) is 0 Å². The molecule has 1 aliphatic rings. The van der Waals surface area contributed by atoms with Gasteiger partial charge in [-0.2, -0.15) is 0 Å². The molecule has 0 saturated heterocycles. The Kier molecular flexibility index (Phi) is 2.94. The molecule has 4 heteroatoms. The minimum absolute atomic E-state index is 0.303. The van der Waals surface area contributed by atoms with Crippen LogP contribution in [0.2, 0.25) is 0 Å². The summed E-state index contributed by atoms with van der Waals surface area (Å²) in [7, 11) is 0. The molecule has 1 saturated carbocycles. The number of hydrogen-bond acceptors (Lipinski definition) is 3. The van der Waals surface area contributed by atoms with Gasteiger partial charge in [0.1, 0.15) is 6.10 Å². The van der Waals surface area contributed by atoms with Crippen LogP contribution in [0.4, 0.5) is 0 Å². The largest absolute Gasteiger partial charge is 0.472 e. The molecule has 2 aromatic rings. The van der Waals surface area contributed by atoms with E-state index in [1.807, 2.05) is 23.7 Å². The van der Waals surface area contributed by atoms with Gasteiger partial charge in [-0.15, -0.1) is 0 Å². The van der Waals surface area contributed by atoms with Gasteiger partial charge in [-0.05, 0) is 38.5 Å². The van der Waals surface area contributed by atoms with Crippen LogP contribution in [0.5, 0.6) is 5.88 Å². The molecule has 0 atom stereocenters. The summed E-state index contributed by atoms with van der Waals surface area (Å²) in [5, 5.41) is 0. The molecule has 18 heavy (non-hydrogen) atoms. The zero-order valence-electron chi connectivity index (χ0n) is 11.0. The summed E-state index contributed by atoms with van der Waals surface area (Å²) in [6.07, 6.45) is 10.7. The standard InChI is InChI=1S/C14H19N3O/c1-10-3-5-12(6-4-10)18-14-13-16-11(2)9-17(13)8-7-15-14/h7-10,12H,3-6H2,1-2H3. The highest BCUT2D eigenvalue weighted by Gasteiger charge is 2.21. The van der Waals surface area contributed by atoms with E-state index in [0.29, 0.717) is 12.0 Å². The van der Waals surface area contributed by atoms with E-state index in [-0.39, 0.29) is 0 Å². The van der Waals surface area contributed by atoms with Crippen molar-refractivity contribution < 1.29 is 4.74 Å². The molecule has 0 spiro atoms. The van der Waals surface area contributed by atoms with Gasteiger partial charge in [-0.25, -0.2) is 9.97 Å². The van der Waals surface area contributed by atoms with Crippen molar-refractivity contribution in [2.45, 2.75) is 45.6 Å². The van der Waals surface area contributed by atoms with Crippen LogP contribution in [0.1, 0.15) is 38.3 Å². The van der Waals surface area contributed by atoms with E-state index < -0.39 is 0 Å². The first-order valence-corrected chi connectivity index (χ1v) is 6.69. The lowest BCUT2D eigenvalue weighted by atomic mass is 9.89. The molecule has 0 unspecified atom stereocenters. The van der Waals surface area contributed by atoms with Crippen LogP contribution in [0.25, 0.3) is 5.65 Å². The second kappa shape index (κ2) is 4.59. The Morgan fingerprint density at radius 2 is 2.06 bits per heavy atom. The zero-order valence-corrected chi connectivity index (χ0v) is 11.0. The SMILES string of the molecule is Cc1cn2ccnc(OC3CCC(C)CC3)c2n1. The van der Waals surface area contributed by atoms with E-state index in [2.05, 4.69) is 16.9 Å². The Hall–Kier alpha value is -1.58. The molecule has 4 nitrogen and oxygen atoms in total. The summed E-state index contributed by atoms with van der Waals surface area (Å²) >= 11 is 0. The second-order valence-electron chi connectivity index (χ2n) is 5.35. The average Bonchev–Trinajstić information content (AvgIpc) is 2.73. The molecule has 96 valence electrons. The predicted molar refractivity (Wildman–Crippen MR) is 69.8 cm³/mol. The summed E-state index contributed by atoms with van der Waals surface area (Å²) in [4.78, 5) is 8.80. The van der Waals surface area contributed by atoms with Crippen molar-refractivity contribution in [3.05, 3.63) is 24.3 Å². The Balaban J connectivity index is 1.82. The molecule has 0 aromatic carbocycles. The molecule has 1 aliphatic carbocycles. The van der Waals surface area contributed by atoms with Gasteiger partial charge >= 0.3 is 0 Å². The van der Waals surface area contributed by atoms with Crippen LogP contribution in [0.15, 0.2) is 18.6 Å². The number of ether oxygens (including phenoxy) is 1. The third kappa shape index (κ3) is 2.19. The number of imidazole rings is 1. The first-order valence-electron chi connectivity index (χ1n) is 6.69. The van der Waals surface area contributed by atoms with Crippen LogP contribution in [0.3, 0.4) is 0 Å². The van der Waals surface area contributed by atoms with Gasteiger partial charge in [0, 0.05) is 18.6 Å². The zero-order chi connectivity index (χ0) is 12.5. The fraction of sp³-hybridized carbons (Fsp3) is 0.571. The Morgan fingerprint density at radius 3 is 2.83 bits per heavy atom. The molecule has 0 bridgehead atoms. The maximum Gasteiger partial charge on any atom is 0.258 e. The van der Waals surface area contributed by atoms with Crippen LogP contribution in [-0.4, -0.2) is 20.5 Å². The molecule has 0 radical (unpaired) electrons. The summed E-state index contributed by atoms with van der Waals surface area (Å²) in [5.74, 6) is 1.51. The summed E-state index contributed by atoms with van der Waals surface area (Å²) in [5.41, 5.74) is 1.82. The maximum atomic E-state index is 6.04. The van der Waals surface area contributed by atoms with E-state index in [4.69, 9.17) is 4.74 Å². The van der Waals surface area contributed by atoms with Crippen molar-refractivity contribution in [1.29, 1.82) is 0 Å². The summed E-state index contributed by atoms with van der Waals surface area (Å²) in [6.45, 7) is 4.30. The lowest BCUT2D eigenvalue weighted by Crippen LogP contribution is -2.23. The van der Waals surface area contributed by atoms with Crippen LogP contribution in [-0.2, 0) is 0 Å². The Morgan fingerprint density at radius 1 is 1.28 bits per heavy atom. The first kappa shape index (κ1) is 11.5. The number of rotatable bonds is 2. The molecule has 2 aromatic heterocycles. The fourth-order valence-corrected chi connectivity index (χ4v) is 2.61. The van der Waals surface area contributed by atoms with Crippen molar-refractivity contribution in [2.75, 3.05) is 0 Å². The van der Waals surface area contributed by atoms with Gasteiger partial charge in [0.25, 0.3) is 5.88 Å². The lowest BCUT2D eigenvalue weighted by molar-refractivity contribution is 0.131. The molecule has 3 rings (SSSR count). The lowest BCUT2D eigenvalue weighted by Gasteiger charge is -2.26. The molecule has 1 fully saturated rings. The molecule has 0 amide bonds. The number of nitrogens with zero attached hydrogens (tertiary/aromatic N) is 3. The second-order valence-corrected chi connectivity index (χ2v) is 5.35. The highest BCUT2D eigenvalue weighted by atomic mass is 16.5. The van der Waals surface area contributed by atoms with Gasteiger partial charge in [-0.1, -0.05) is 6.92 Å². The van der Waals surface area contributed by atoms with E-state index in [0.717, 1.165) is 30.1 Å². The highest BCUT2D eigenvalue weighted by molar-refractivity contribution is 5.49. The topological polar surface area (TPSA) is 39.4 Å². The molecule has 0 aliphatic heterocycles. The summed E-state index contributed by atoms with van der Waals surface area (Å²) < 4.78 is 8.01. The highest BCUT2D eigenvalue weighted by Crippen LogP contribution is 2.27. The molecule has 2 heterocycles. The molecule has 0 N–H and O–H groups in total. The van der Waals surface area contributed by atoms with Crippen molar-refractivity contribution in [3.63, 3.8) is 0 Å². The van der Waals surface area contributed by atoms with E-state index in [1.54, 1.807) is 6.20 Å². The van der Waals surface area contributed by atoms with Crippen LogP contribution in [0, 0.1) is 12.8 Å². The van der Waals surface area contributed by atoms with Crippen molar-refractivity contribution in [3.8, 4) is 5.88 Å². The van der Waals surface area contributed by atoms with Crippen molar-refractivity contribution >= 4 is 5.65 Å². The van der Waals surface area contributed by atoms with E-state index >= 15 is 0 Å². The Labute approximate surface area is 107 Å². The van der Waals surface area contributed by atoms with Gasteiger partial charge < -0.3 is 9.14 Å². The Bertz CT molecular complexity index is 541. The van der Waals surface area contributed by atoms with Crippen LogP contribution < -0.4 is 4.74 Å².